The molecule has 1 saturated heterocycles. The topological polar surface area (TPSA) is 91.0 Å². The zero-order valence-electron chi connectivity index (χ0n) is 24.5. The number of carbonyl (C=O) groups excluding carboxylic acids is 2. The molecular formula is C33H34FN5O4. The van der Waals surface area contributed by atoms with E-state index in [1.54, 1.807) is 36.3 Å². The number of pyridine rings is 1. The molecular weight excluding hydrogens is 549 g/mol. The molecule has 0 unspecified atom stereocenters. The van der Waals surface area contributed by atoms with Gasteiger partial charge in [-0.3, -0.25) is 9.59 Å². The number of carbonyl (C=O) groups is 2. The molecule has 1 fully saturated rings. The van der Waals surface area contributed by atoms with Crippen LogP contribution in [0.2, 0.25) is 0 Å². The van der Waals surface area contributed by atoms with Gasteiger partial charge in [0.05, 0.1) is 19.7 Å². The van der Waals surface area contributed by atoms with Gasteiger partial charge in [0.15, 0.2) is 17.4 Å². The number of hydrogen-bond acceptors (Lipinski definition) is 6. The Kier molecular flexibility index (Phi) is 7.75. The van der Waals surface area contributed by atoms with Crippen molar-refractivity contribution in [2.45, 2.75) is 13.3 Å². The van der Waals surface area contributed by atoms with E-state index in [4.69, 9.17) is 9.47 Å². The van der Waals surface area contributed by atoms with Crippen LogP contribution in [-0.4, -0.2) is 85.1 Å². The van der Waals surface area contributed by atoms with Crippen molar-refractivity contribution in [1.82, 2.24) is 19.8 Å². The number of nitrogens with one attached hydrogen (secondary N) is 1. The number of aromatic amines is 1. The quantitative estimate of drug-likeness (QED) is 0.344. The number of anilines is 1. The summed E-state index contributed by atoms with van der Waals surface area (Å²) < 4.78 is 27.5. The van der Waals surface area contributed by atoms with Crippen LogP contribution in [0.5, 0.6) is 11.5 Å². The minimum atomic E-state index is -0.448. The summed E-state index contributed by atoms with van der Waals surface area (Å²) >= 11 is 0. The molecule has 0 aliphatic carbocycles. The van der Waals surface area contributed by atoms with Crippen LogP contribution in [0.15, 0.2) is 60.8 Å². The Hall–Kier alpha value is -4.86. The number of fused-ring (bicyclic) bond motifs is 1. The predicted molar refractivity (Wildman–Crippen MR) is 164 cm³/mol. The van der Waals surface area contributed by atoms with Gasteiger partial charge in [-0.15, -0.1) is 0 Å². The van der Waals surface area contributed by atoms with E-state index in [1.807, 2.05) is 48.5 Å². The van der Waals surface area contributed by atoms with E-state index in [9.17, 15) is 9.59 Å². The van der Waals surface area contributed by atoms with Gasteiger partial charge in [0.25, 0.3) is 5.91 Å². The molecule has 4 heterocycles. The summed E-state index contributed by atoms with van der Waals surface area (Å²) in [6.07, 6.45) is 4.35. The van der Waals surface area contributed by atoms with Gasteiger partial charge < -0.3 is 29.2 Å². The zero-order valence-corrected chi connectivity index (χ0v) is 24.5. The van der Waals surface area contributed by atoms with E-state index < -0.39 is 5.82 Å². The smallest absolute Gasteiger partial charge is 0.270 e. The van der Waals surface area contributed by atoms with E-state index in [0.29, 0.717) is 73.8 Å². The highest BCUT2D eigenvalue weighted by Crippen LogP contribution is 2.40. The third kappa shape index (κ3) is 5.29. The summed E-state index contributed by atoms with van der Waals surface area (Å²) in [7, 11) is 3.21. The number of rotatable bonds is 6. The number of halogens is 1. The van der Waals surface area contributed by atoms with Crippen molar-refractivity contribution < 1.29 is 23.5 Å². The highest BCUT2D eigenvalue weighted by molar-refractivity contribution is 6.05. The molecule has 9 nitrogen and oxygen atoms in total. The first kappa shape index (κ1) is 28.3. The van der Waals surface area contributed by atoms with Crippen molar-refractivity contribution >= 4 is 34.1 Å². The zero-order chi connectivity index (χ0) is 30.1. The van der Waals surface area contributed by atoms with Crippen LogP contribution in [0.4, 0.5) is 10.2 Å². The molecule has 0 saturated carbocycles. The molecule has 0 spiro atoms. The van der Waals surface area contributed by atoms with E-state index >= 15 is 4.39 Å². The van der Waals surface area contributed by atoms with Crippen molar-refractivity contribution in [3.05, 3.63) is 77.9 Å². The number of piperazine rings is 1. The van der Waals surface area contributed by atoms with E-state index in [2.05, 4.69) is 14.9 Å². The van der Waals surface area contributed by atoms with Crippen molar-refractivity contribution in [3.8, 4) is 22.6 Å². The normalized spacial score (nSPS) is 15.4. The molecule has 4 aromatic rings. The summed E-state index contributed by atoms with van der Waals surface area (Å²) in [4.78, 5) is 39.1. The Balaban J connectivity index is 1.37. The Morgan fingerprint density at radius 2 is 1.63 bits per heavy atom. The number of amides is 2. The van der Waals surface area contributed by atoms with Crippen molar-refractivity contribution in [3.63, 3.8) is 0 Å². The summed E-state index contributed by atoms with van der Waals surface area (Å²) in [6.45, 7) is 4.59. The lowest BCUT2D eigenvalue weighted by Gasteiger charge is -2.35. The predicted octanol–water partition coefficient (Wildman–Crippen LogP) is 4.98. The van der Waals surface area contributed by atoms with Gasteiger partial charge in [-0.1, -0.05) is 24.3 Å². The highest BCUT2D eigenvalue weighted by Gasteiger charge is 2.28. The second-order valence-electron chi connectivity index (χ2n) is 10.7. The maximum absolute atomic E-state index is 16.3. The first-order valence-corrected chi connectivity index (χ1v) is 14.4. The number of para-hydroxylation sites is 1. The van der Waals surface area contributed by atoms with Crippen LogP contribution in [0.1, 0.15) is 29.4 Å². The van der Waals surface area contributed by atoms with Gasteiger partial charge in [0, 0.05) is 68.9 Å². The molecule has 43 heavy (non-hydrogen) atoms. The molecule has 2 aliphatic heterocycles. The van der Waals surface area contributed by atoms with E-state index in [1.165, 1.54) is 6.92 Å². The van der Waals surface area contributed by atoms with Gasteiger partial charge in [-0.25, -0.2) is 9.37 Å². The average Bonchev–Trinajstić information content (AvgIpc) is 3.51. The van der Waals surface area contributed by atoms with Gasteiger partial charge in [0.2, 0.25) is 5.91 Å². The summed E-state index contributed by atoms with van der Waals surface area (Å²) in [5.41, 5.74) is 3.23. The SMILES string of the molecule is COc1ccccc1-c1cc(C2=CCCN(C(C)=O)C2)c(F)c2[nH]c(C(=O)N3CCN(c4ncccc4OC)CC3)cc12. The third-order valence-electron chi connectivity index (χ3n) is 8.26. The van der Waals surface area contributed by atoms with Crippen molar-refractivity contribution in [2.24, 2.45) is 0 Å². The lowest BCUT2D eigenvalue weighted by molar-refractivity contribution is -0.128. The molecule has 2 aromatic heterocycles. The number of hydrogen-bond donors (Lipinski definition) is 1. The minimum absolute atomic E-state index is 0.0496. The molecule has 222 valence electrons. The first-order chi connectivity index (χ1) is 20.9. The van der Waals surface area contributed by atoms with E-state index in [-0.39, 0.29) is 17.3 Å². The van der Waals surface area contributed by atoms with Gasteiger partial charge >= 0.3 is 0 Å². The van der Waals surface area contributed by atoms with Crippen LogP contribution in [0.25, 0.3) is 27.6 Å². The molecule has 2 aliphatic rings. The molecule has 0 radical (unpaired) electrons. The number of H-pyrrole nitrogens is 1. The largest absolute Gasteiger partial charge is 0.496 e. The summed E-state index contributed by atoms with van der Waals surface area (Å²) in [5, 5.41) is 0.589. The number of aromatic nitrogens is 2. The van der Waals surface area contributed by atoms with Crippen LogP contribution in [0.3, 0.4) is 0 Å². The fourth-order valence-electron chi connectivity index (χ4n) is 5.98. The molecule has 2 amide bonds. The molecule has 2 aromatic carbocycles. The van der Waals surface area contributed by atoms with Gasteiger partial charge in [-0.05, 0) is 47.9 Å². The van der Waals surface area contributed by atoms with Crippen LogP contribution in [0, 0.1) is 5.82 Å². The van der Waals surface area contributed by atoms with E-state index in [0.717, 1.165) is 22.5 Å². The van der Waals surface area contributed by atoms with Crippen LogP contribution in [-0.2, 0) is 4.79 Å². The monoisotopic (exact) mass is 583 g/mol. The summed E-state index contributed by atoms with van der Waals surface area (Å²) in [5.74, 6) is 1.38. The fraction of sp³-hybridized carbons (Fsp3) is 0.303. The van der Waals surface area contributed by atoms with Crippen LogP contribution >= 0.6 is 0 Å². The summed E-state index contributed by atoms with van der Waals surface area (Å²) in [6, 6.07) is 14.8. The maximum Gasteiger partial charge on any atom is 0.270 e. The minimum Gasteiger partial charge on any atom is -0.496 e. The Morgan fingerprint density at radius 1 is 0.884 bits per heavy atom. The number of benzene rings is 2. The lowest BCUT2D eigenvalue weighted by atomic mass is 9.93. The Morgan fingerprint density at radius 3 is 2.37 bits per heavy atom. The van der Waals surface area contributed by atoms with Gasteiger partial charge in [-0.2, -0.15) is 0 Å². The molecule has 10 heteroatoms. The number of ether oxygens (including phenoxy) is 2. The standard InChI is InChI=1S/C33H34FN5O4/c1-21(40)39-13-7-8-22(20-39)24-18-25(23-9-4-5-10-28(23)42-2)26-19-27(36-31(26)30(24)34)33(41)38-16-14-37(15-17-38)32-29(43-3)11-6-12-35-32/h4-6,8-12,18-19,36H,7,13-17,20H2,1-3H3. The highest BCUT2D eigenvalue weighted by atomic mass is 19.1. The second-order valence-corrected chi connectivity index (χ2v) is 10.7. The number of nitrogens with zero attached hydrogens (tertiary/aromatic N) is 4. The maximum atomic E-state index is 16.3. The lowest BCUT2D eigenvalue weighted by Crippen LogP contribution is -2.49. The Labute approximate surface area is 249 Å². The average molecular weight is 584 g/mol. The molecule has 0 atom stereocenters. The van der Waals surface area contributed by atoms with Crippen molar-refractivity contribution in [1.29, 1.82) is 0 Å². The molecule has 6 rings (SSSR count). The van der Waals surface area contributed by atoms with Crippen molar-refractivity contribution in [2.75, 3.05) is 58.4 Å². The van der Waals surface area contributed by atoms with Gasteiger partial charge in [0.1, 0.15) is 11.4 Å². The molecule has 1 N–H and O–H groups in total. The Bertz CT molecular complexity index is 1720. The fourth-order valence-corrected chi connectivity index (χ4v) is 5.98. The number of methoxy groups -OCH3 is 2. The second kappa shape index (κ2) is 11.8. The first-order valence-electron chi connectivity index (χ1n) is 14.4. The third-order valence-corrected chi connectivity index (χ3v) is 8.26. The van der Waals surface area contributed by atoms with Crippen LogP contribution < -0.4 is 14.4 Å². The molecule has 0 bridgehead atoms.